The lowest BCUT2D eigenvalue weighted by molar-refractivity contribution is 0.102. The number of aromatic amines is 1. The molecule has 108 valence electrons. The van der Waals surface area contributed by atoms with Gasteiger partial charge in [0.05, 0.1) is 22.0 Å². The molecule has 0 aliphatic carbocycles. The molecule has 0 unspecified atom stereocenters. The van der Waals surface area contributed by atoms with E-state index < -0.39 is 5.91 Å². The molecule has 6 nitrogen and oxygen atoms in total. The Morgan fingerprint density at radius 3 is 2.95 bits per heavy atom. The molecule has 0 spiro atoms. The van der Waals surface area contributed by atoms with E-state index in [0.717, 1.165) is 18.5 Å². The van der Waals surface area contributed by atoms with Crippen LogP contribution >= 0.6 is 11.6 Å². The van der Waals surface area contributed by atoms with Crippen molar-refractivity contribution in [3.8, 4) is 6.07 Å². The number of aromatic nitrogens is 2. The first-order valence-electron chi connectivity index (χ1n) is 6.40. The Hall–Kier alpha value is -2.52. The smallest absolute Gasteiger partial charge is 0.278 e. The summed E-state index contributed by atoms with van der Waals surface area (Å²) < 4.78 is 0. The van der Waals surface area contributed by atoms with Gasteiger partial charge >= 0.3 is 0 Å². The highest BCUT2D eigenvalue weighted by atomic mass is 35.5. The SMILES string of the molecule is CCCc1[nH]nc(C(=O)Nc2ccc(C#N)c(Cl)c2)c1N. The molecule has 0 aliphatic heterocycles. The van der Waals surface area contributed by atoms with Crippen molar-refractivity contribution in [2.45, 2.75) is 19.8 Å². The van der Waals surface area contributed by atoms with E-state index >= 15 is 0 Å². The molecule has 0 radical (unpaired) electrons. The number of amides is 1. The van der Waals surface area contributed by atoms with E-state index in [4.69, 9.17) is 22.6 Å². The van der Waals surface area contributed by atoms with Crippen molar-refractivity contribution in [1.82, 2.24) is 10.2 Å². The summed E-state index contributed by atoms with van der Waals surface area (Å²) in [5, 5.41) is 18.4. The topological polar surface area (TPSA) is 108 Å². The van der Waals surface area contributed by atoms with Crippen LogP contribution in [-0.2, 0) is 6.42 Å². The lowest BCUT2D eigenvalue weighted by Gasteiger charge is -2.05. The zero-order valence-corrected chi connectivity index (χ0v) is 12.2. The Kier molecular flexibility index (Phi) is 4.45. The number of nitriles is 1. The number of nitrogens with two attached hydrogens (primary N) is 1. The van der Waals surface area contributed by atoms with E-state index in [1.165, 1.54) is 12.1 Å². The molecule has 0 bridgehead atoms. The van der Waals surface area contributed by atoms with E-state index in [1.807, 2.05) is 13.0 Å². The minimum absolute atomic E-state index is 0.152. The van der Waals surface area contributed by atoms with Crippen molar-refractivity contribution >= 4 is 28.9 Å². The van der Waals surface area contributed by atoms with Gasteiger partial charge in [-0.05, 0) is 24.6 Å². The van der Waals surface area contributed by atoms with Gasteiger partial charge in [0.1, 0.15) is 6.07 Å². The zero-order valence-electron chi connectivity index (χ0n) is 11.4. The van der Waals surface area contributed by atoms with Crippen LogP contribution in [0.15, 0.2) is 18.2 Å². The standard InChI is InChI=1S/C14H14ClN5O/c1-2-3-11-12(17)13(20-19-11)14(21)18-9-5-4-8(7-16)10(15)6-9/h4-6H,2-3,17H2,1H3,(H,18,21)(H,19,20). The van der Waals surface area contributed by atoms with Crippen molar-refractivity contribution in [3.05, 3.63) is 40.2 Å². The van der Waals surface area contributed by atoms with Crippen LogP contribution in [0, 0.1) is 11.3 Å². The van der Waals surface area contributed by atoms with Gasteiger partial charge in [0.25, 0.3) is 5.91 Å². The molecule has 0 atom stereocenters. The number of nitrogens with one attached hydrogen (secondary N) is 2. The van der Waals surface area contributed by atoms with Crippen LogP contribution in [0.5, 0.6) is 0 Å². The third kappa shape index (κ3) is 3.15. The summed E-state index contributed by atoms with van der Waals surface area (Å²) in [5.74, 6) is -0.424. The van der Waals surface area contributed by atoms with Crippen LogP contribution in [0.4, 0.5) is 11.4 Å². The second kappa shape index (κ2) is 6.29. The van der Waals surface area contributed by atoms with E-state index in [-0.39, 0.29) is 10.7 Å². The highest BCUT2D eigenvalue weighted by Crippen LogP contribution is 2.22. The maximum atomic E-state index is 12.1. The summed E-state index contributed by atoms with van der Waals surface area (Å²) in [4.78, 5) is 12.1. The summed E-state index contributed by atoms with van der Waals surface area (Å²) in [6, 6.07) is 6.59. The number of benzene rings is 1. The first-order valence-corrected chi connectivity index (χ1v) is 6.78. The quantitative estimate of drug-likeness (QED) is 0.807. The van der Waals surface area contributed by atoms with Gasteiger partial charge in [-0.3, -0.25) is 9.89 Å². The average molecular weight is 304 g/mol. The average Bonchev–Trinajstić information content (AvgIpc) is 2.81. The third-order valence-electron chi connectivity index (χ3n) is 2.95. The maximum absolute atomic E-state index is 12.1. The lowest BCUT2D eigenvalue weighted by atomic mass is 10.2. The fourth-order valence-corrected chi connectivity index (χ4v) is 2.10. The van der Waals surface area contributed by atoms with E-state index in [2.05, 4.69) is 15.5 Å². The van der Waals surface area contributed by atoms with Gasteiger partial charge in [0.2, 0.25) is 0 Å². The largest absolute Gasteiger partial charge is 0.395 e. The molecule has 1 amide bonds. The number of carbonyl (C=O) groups is 1. The molecule has 1 heterocycles. The predicted molar refractivity (Wildman–Crippen MR) is 81.1 cm³/mol. The number of nitrogen functional groups attached to an aromatic ring is 1. The first-order chi connectivity index (χ1) is 10.1. The predicted octanol–water partition coefficient (Wildman–Crippen LogP) is 2.72. The number of hydrogen-bond donors (Lipinski definition) is 3. The molecule has 0 aliphatic rings. The fraction of sp³-hybridized carbons (Fsp3) is 0.214. The molecular formula is C14H14ClN5O. The van der Waals surface area contributed by atoms with Crippen LogP contribution in [-0.4, -0.2) is 16.1 Å². The van der Waals surface area contributed by atoms with Crippen molar-refractivity contribution in [2.75, 3.05) is 11.1 Å². The van der Waals surface area contributed by atoms with Crippen LogP contribution in [0.2, 0.25) is 5.02 Å². The Morgan fingerprint density at radius 1 is 1.57 bits per heavy atom. The number of carbonyl (C=O) groups excluding carboxylic acids is 1. The van der Waals surface area contributed by atoms with Crippen LogP contribution in [0.3, 0.4) is 0 Å². The molecule has 4 N–H and O–H groups in total. The minimum atomic E-state index is -0.424. The molecule has 0 fully saturated rings. The molecule has 21 heavy (non-hydrogen) atoms. The van der Waals surface area contributed by atoms with Gasteiger partial charge in [-0.1, -0.05) is 24.9 Å². The summed E-state index contributed by atoms with van der Waals surface area (Å²) in [5.41, 5.74) is 7.98. The molecular weight excluding hydrogens is 290 g/mol. The number of aryl methyl sites for hydroxylation is 1. The Morgan fingerprint density at radius 2 is 2.33 bits per heavy atom. The summed E-state index contributed by atoms with van der Waals surface area (Å²) in [7, 11) is 0. The summed E-state index contributed by atoms with van der Waals surface area (Å²) in [6.45, 7) is 2.01. The van der Waals surface area contributed by atoms with Gasteiger partial charge in [0.15, 0.2) is 5.69 Å². The van der Waals surface area contributed by atoms with Gasteiger partial charge in [-0.15, -0.1) is 0 Å². The number of nitrogens with zero attached hydrogens (tertiary/aromatic N) is 2. The third-order valence-corrected chi connectivity index (χ3v) is 3.26. The van der Waals surface area contributed by atoms with Crippen LogP contribution in [0.25, 0.3) is 0 Å². The number of halogens is 1. The van der Waals surface area contributed by atoms with Gasteiger partial charge in [-0.25, -0.2) is 0 Å². The van der Waals surface area contributed by atoms with Crippen molar-refractivity contribution in [1.29, 1.82) is 5.26 Å². The first kappa shape index (κ1) is 14.9. The van der Waals surface area contributed by atoms with Crippen molar-refractivity contribution in [2.24, 2.45) is 0 Å². The van der Waals surface area contributed by atoms with Crippen molar-refractivity contribution < 1.29 is 4.79 Å². The second-order valence-corrected chi connectivity index (χ2v) is 4.88. The fourth-order valence-electron chi connectivity index (χ4n) is 1.87. The minimum Gasteiger partial charge on any atom is -0.395 e. The van der Waals surface area contributed by atoms with Crippen molar-refractivity contribution in [3.63, 3.8) is 0 Å². The summed E-state index contributed by atoms with van der Waals surface area (Å²) in [6.07, 6.45) is 1.63. The molecule has 0 saturated heterocycles. The molecule has 7 heteroatoms. The molecule has 2 aromatic rings. The molecule has 0 saturated carbocycles. The normalized spacial score (nSPS) is 10.1. The lowest BCUT2D eigenvalue weighted by Crippen LogP contribution is -2.14. The monoisotopic (exact) mass is 303 g/mol. The Labute approximate surface area is 126 Å². The molecule has 1 aromatic carbocycles. The number of rotatable bonds is 4. The van der Waals surface area contributed by atoms with Gasteiger partial charge in [0, 0.05) is 5.69 Å². The van der Waals surface area contributed by atoms with E-state index in [0.29, 0.717) is 16.9 Å². The van der Waals surface area contributed by atoms with Crippen LogP contribution in [0.1, 0.15) is 35.1 Å². The Balaban J connectivity index is 2.18. The number of hydrogen-bond acceptors (Lipinski definition) is 4. The Bertz CT molecular complexity index is 717. The summed E-state index contributed by atoms with van der Waals surface area (Å²) >= 11 is 5.92. The number of H-pyrrole nitrogens is 1. The second-order valence-electron chi connectivity index (χ2n) is 4.47. The highest BCUT2D eigenvalue weighted by Gasteiger charge is 2.17. The van der Waals surface area contributed by atoms with Gasteiger partial charge < -0.3 is 11.1 Å². The molecule has 2 rings (SSSR count). The van der Waals surface area contributed by atoms with E-state index in [1.54, 1.807) is 6.07 Å². The van der Waals surface area contributed by atoms with E-state index in [9.17, 15) is 4.79 Å². The highest BCUT2D eigenvalue weighted by molar-refractivity contribution is 6.32. The maximum Gasteiger partial charge on any atom is 0.278 e. The zero-order chi connectivity index (χ0) is 15.4. The number of anilines is 2. The molecule has 1 aromatic heterocycles. The van der Waals surface area contributed by atoms with Gasteiger partial charge in [-0.2, -0.15) is 10.4 Å². The van der Waals surface area contributed by atoms with Crippen LogP contribution < -0.4 is 11.1 Å².